The van der Waals surface area contributed by atoms with E-state index in [1.54, 1.807) is 0 Å². The van der Waals surface area contributed by atoms with Gasteiger partial charge < -0.3 is 5.11 Å². The van der Waals surface area contributed by atoms with E-state index in [-0.39, 0.29) is 5.41 Å². The highest BCUT2D eigenvalue weighted by molar-refractivity contribution is 5.20. The van der Waals surface area contributed by atoms with E-state index in [1.165, 1.54) is 36.8 Å². The maximum absolute atomic E-state index is 9.96. The lowest BCUT2D eigenvalue weighted by molar-refractivity contribution is -0.0837. The van der Waals surface area contributed by atoms with Gasteiger partial charge in [-0.05, 0) is 61.7 Å². The highest BCUT2D eigenvalue weighted by Crippen LogP contribution is 2.61. The molecule has 0 spiro atoms. The van der Waals surface area contributed by atoms with Gasteiger partial charge in [0.2, 0.25) is 0 Å². The molecule has 2 aliphatic rings. The second-order valence-electron chi connectivity index (χ2n) is 7.86. The summed E-state index contributed by atoms with van der Waals surface area (Å²) in [7, 11) is 0. The monoisotopic (exact) mass is 288 g/mol. The first-order valence-corrected chi connectivity index (χ1v) is 8.45. The first kappa shape index (κ1) is 16.5. The van der Waals surface area contributed by atoms with E-state index >= 15 is 0 Å². The summed E-state index contributed by atoms with van der Waals surface area (Å²) in [4.78, 5) is 0. The fourth-order valence-electron chi connectivity index (χ4n) is 5.10. The van der Waals surface area contributed by atoms with Crippen LogP contribution in [-0.2, 0) is 0 Å². The van der Waals surface area contributed by atoms with E-state index in [9.17, 15) is 5.11 Å². The lowest BCUT2D eigenvalue weighted by Crippen LogP contribution is -2.51. The van der Waals surface area contributed by atoms with Gasteiger partial charge in [0.25, 0.3) is 0 Å². The van der Waals surface area contributed by atoms with Gasteiger partial charge in [0.1, 0.15) is 0 Å². The number of aliphatic hydroxyl groups is 1. The standard InChI is InChI=1S/C20H32O/c1-6-15(2)8-10-17-16(3)9-11-18-19(4,14-21)12-7-13-20(17,18)5/h6,8,17-18,21H,1,3,7,9-14H2,2,4-5H3/b15-8-/t17-,18+,19+,20+/m0/s1. The Labute approximate surface area is 130 Å². The van der Waals surface area contributed by atoms with Gasteiger partial charge in [-0.1, -0.05) is 56.7 Å². The Morgan fingerprint density at radius 1 is 1.38 bits per heavy atom. The summed E-state index contributed by atoms with van der Waals surface area (Å²) in [5, 5.41) is 9.96. The second kappa shape index (κ2) is 6.12. The minimum Gasteiger partial charge on any atom is -0.396 e. The van der Waals surface area contributed by atoms with Gasteiger partial charge in [-0.3, -0.25) is 0 Å². The molecule has 1 heteroatoms. The first-order valence-electron chi connectivity index (χ1n) is 8.45. The zero-order valence-corrected chi connectivity index (χ0v) is 14.1. The van der Waals surface area contributed by atoms with Crippen LogP contribution in [0.25, 0.3) is 0 Å². The van der Waals surface area contributed by atoms with Crippen LogP contribution in [0.2, 0.25) is 0 Å². The summed E-state index contributed by atoms with van der Waals surface area (Å²) in [6.45, 7) is 15.4. The SMILES string of the molecule is C=C/C(C)=C\C[C@H]1C(=C)CC[C@@H]2[C@@](C)(CO)CCC[C@@]21C. The Hall–Kier alpha value is -0.820. The van der Waals surface area contributed by atoms with E-state index in [0.717, 1.165) is 12.8 Å². The van der Waals surface area contributed by atoms with E-state index < -0.39 is 0 Å². The Balaban J connectivity index is 2.31. The number of hydrogen-bond acceptors (Lipinski definition) is 1. The lowest BCUT2D eigenvalue weighted by Gasteiger charge is -2.58. The minimum absolute atomic E-state index is 0.100. The number of rotatable bonds is 4. The second-order valence-corrected chi connectivity index (χ2v) is 7.86. The quantitative estimate of drug-likeness (QED) is 0.551. The molecule has 2 saturated carbocycles. The fourth-order valence-corrected chi connectivity index (χ4v) is 5.10. The number of hydrogen-bond donors (Lipinski definition) is 1. The molecule has 2 aliphatic carbocycles. The van der Waals surface area contributed by atoms with Crippen LogP contribution < -0.4 is 0 Å². The number of aliphatic hydroxyl groups excluding tert-OH is 1. The third-order valence-corrected chi connectivity index (χ3v) is 6.50. The molecule has 0 radical (unpaired) electrons. The van der Waals surface area contributed by atoms with Gasteiger partial charge in [0.05, 0.1) is 0 Å². The van der Waals surface area contributed by atoms with Crippen LogP contribution in [0, 0.1) is 22.7 Å². The van der Waals surface area contributed by atoms with E-state index in [2.05, 4.69) is 40.0 Å². The minimum atomic E-state index is 0.100. The Kier molecular flexibility index (Phi) is 4.82. The highest BCUT2D eigenvalue weighted by Gasteiger charge is 2.53. The van der Waals surface area contributed by atoms with Crippen molar-refractivity contribution in [2.45, 2.75) is 59.3 Å². The largest absolute Gasteiger partial charge is 0.396 e. The smallest absolute Gasteiger partial charge is 0.0487 e. The van der Waals surface area contributed by atoms with Gasteiger partial charge in [-0.25, -0.2) is 0 Å². The number of fused-ring (bicyclic) bond motifs is 1. The molecule has 118 valence electrons. The Morgan fingerprint density at radius 2 is 2.10 bits per heavy atom. The van der Waals surface area contributed by atoms with Crippen molar-refractivity contribution in [1.82, 2.24) is 0 Å². The zero-order chi connectivity index (χ0) is 15.7. The van der Waals surface area contributed by atoms with Crippen molar-refractivity contribution in [3.05, 3.63) is 36.5 Å². The van der Waals surface area contributed by atoms with Gasteiger partial charge in [0, 0.05) is 6.61 Å². The van der Waals surface area contributed by atoms with Crippen molar-refractivity contribution >= 4 is 0 Å². The molecule has 0 aromatic rings. The fraction of sp³-hybridized carbons (Fsp3) is 0.700. The van der Waals surface area contributed by atoms with Gasteiger partial charge >= 0.3 is 0 Å². The summed E-state index contributed by atoms with van der Waals surface area (Å²) >= 11 is 0. The maximum Gasteiger partial charge on any atom is 0.0487 e. The molecule has 0 aliphatic heterocycles. The van der Waals surface area contributed by atoms with Crippen molar-refractivity contribution in [1.29, 1.82) is 0 Å². The van der Waals surface area contributed by atoms with E-state index in [4.69, 9.17) is 0 Å². The molecule has 2 rings (SSSR count). The summed E-state index contributed by atoms with van der Waals surface area (Å²) in [5.41, 5.74) is 3.07. The molecule has 0 unspecified atom stereocenters. The topological polar surface area (TPSA) is 20.2 Å². The average Bonchev–Trinajstić information content (AvgIpc) is 2.45. The maximum atomic E-state index is 9.96. The van der Waals surface area contributed by atoms with Crippen molar-refractivity contribution < 1.29 is 5.11 Å². The highest BCUT2D eigenvalue weighted by atomic mass is 16.3. The van der Waals surface area contributed by atoms with Crippen LogP contribution in [0.15, 0.2) is 36.5 Å². The Morgan fingerprint density at radius 3 is 2.71 bits per heavy atom. The van der Waals surface area contributed by atoms with Gasteiger partial charge in [-0.15, -0.1) is 0 Å². The molecule has 0 aromatic carbocycles. The predicted molar refractivity (Wildman–Crippen MR) is 91.1 cm³/mol. The van der Waals surface area contributed by atoms with Crippen LogP contribution in [0.3, 0.4) is 0 Å². The van der Waals surface area contributed by atoms with Gasteiger partial charge in [-0.2, -0.15) is 0 Å². The molecule has 0 heterocycles. The first-order chi connectivity index (χ1) is 9.87. The van der Waals surface area contributed by atoms with Crippen molar-refractivity contribution in [3.8, 4) is 0 Å². The third-order valence-electron chi connectivity index (χ3n) is 6.50. The van der Waals surface area contributed by atoms with Crippen LogP contribution in [0.1, 0.15) is 59.3 Å². The summed E-state index contributed by atoms with van der Waals surface area (Å²) in [5.74, 6) is 1.18. The van der Waals surface area contributed by atoms with Crippen molar-refractivity contribution in [2.75, 3.05) is 6.61 Å². The van der Waals surface area contributed by atoms with Crippen LogP contribution in [0.5, 0.6) is 0 Å². The summed E-state index contributed by atoms with van der Waals surface area (Å²) in [6, 6.07) is 0. The number of allylic oxidation sites excluding steroid dienone is 4. The van der Waals surface area contributed by atoms with Crippen molar-refractivity contribution in [3.63, 3.8) is 0 Å². The molecule has 0 amide bonds. The molecule has 0 bridgehead atoms. The van der Waals surface area contributed by atoms with Crippen LogP contribution in [-0.4, -0.2) is 11.7 Å². The normalized spacial score (nSPS) is 40.8. The van der Waals surface area contributed by atoms with Crippen molar-refractivity contribution in [2.24, 2.45) is 22.7 Å². The lowest BCUT2D eigenvalue weighted by atomic mass is 9.47. The van der Waals surface area contributed by atoms with Crippen LogP contribution in [0.4, 0.5) is 0 Å². The predicted octanol–water partition coefficient (Wildman–Crippen LogP) is 5.28. The van der Waals surface area contributed by atoms with Crippen LogP contribution >= 0.6 is 0 Å². The molecule has 0 aromatic heterocycles. The molecule has 2 fully saturated rings. The average molecular weight is 288 g/mol. The molecule has 1 N–H and O–H groups in total. The summed E-state index contributed by atoms with van der Waals surface area (Å²) < 4.78 is 0. The molecule has 21 heavy (non-hydrogen) atoms. The Bertz CT molecular complexity index is 447. The van der Waals surface area contributed by atoms with E-state index in [0.29, 0.717) is 23.9 Å². The summed E-state index contributed by atoms with van der Waals surface area (Å²) in [6.07, 6.45) is 11.3. The zero-order valence-electron chi connectivity index (χ0n) is 14.1. The molecule has 4 atom stereocenters. The van der Waals surface area contributed by atoms with Gasteiger partial charge in [0.15, 0.2) is 0 Å². The molecule has 1 nitrogen and oxygen atoms in total. The molecular weight excluding hydrogens is 256 g/mol. The van der Waals surface area contributed by atoms with E-state index in [1.807, 2.05) is 6.08 Å². The molecule has 0 saturated heterocycles. The third kappa shape index (κ3) is 2.90. The molecular formula is C20H32O.